The summed E-state index contributed by atoms with van der Waals surface area (Å²) >= 11 is 0. The predicted molar refractivity (Wildman–Crippen MR) is 118 cm³/mol. The zero-order valence-electron chi connectivity index (χ0n) is 17.1. The van der Waals surface area contributed by atoms with Crippen molar-refractivity contribution in [3.8, 4) is 5.75 Å². The molecule has 0 spiro atoms. The Morgan fingerprint density at radius 3 is 2.58 bits per heavy atom. The number of nitrogens with one attached hydrogen (secondary N) is 1. The Kier molecular flexibility index (Phi) is 5.26. The first-order valence-electron chi connectivity index (χ1n) is 10.5. The normalized spacial score (nSPS) is 18.5. The van der Waals surface area contributed by atoms with Crippen molar-refractivity contribution >= 4 is 11.5 Å². The van der Waals surface area contributed by atoms with Crippen LogP contribution in [0.3, 0.4) is 0 Å². The van der Waals surface area contributed by atoms with Gasteiger partial charge in [0, 0.05) is 25.2 Å². The number of nitrogens with zero attached hydrogens (tertiary/aromatic N) is 1. The minimum absolute atomic E-state index is 0.119. The van der Waals surface area contributed by atoms with E-state index in [1.54, 1.807) is 6.07 Å². The molecule has 0 radical (unpaired) electrons. The van der Waals surface area contributed by atoms with E-state index >= 15 is 0 Å². The van der Waals surface area contributed by atoms with Crippen LogP contribution in [-0.4, -0.2) is 23.9 Å². The van der Waals surface area contributed by atoms with Crippen LogP contribution in [0, 0.1) is 5.82 Å². The van der Waals surface area contributed by atoms with E-state index in [4.69, 9.17) is 4.74 Å². The van der Waals surface area contributed by atoms with Gasteiger partial charge in [0.15, 0.2) is 6.23 Å². The van der Waals surface area contributed by atoms with Gasteiger partial charge in [0.1, 0.15) is 11.6 Å². The van der Waals surface area contributed by atoms with Crippen molar-refractivity contribution in [2.75, 3.05) is 13.1 Å². The van der Waals surface area contributed by atoms with Crippen LogP contribution in [-0.2, 0) is 6.54 Å². The summed E-state index contributed by atoms with van der Waals surface area (Å²) < 4.78 is 19.3. The molecular weight excluding hydrogens is 391 g/mol. The summed E-state index contributed by atoms with van der Waals surface area (Å²) in [5, 5.41) is 2.98. The van der Waals surface area contributed by atoms with E-state index in [-0.39, 0.29) is 11.7 Å². The van der Waals surface area contributed by atoms with Crippen molar-refractivity contribution in [3.05, 3.63) is 107 Å². The van der Waals surface area contributed by atoms with Crippen LogP contribution >= 0.6 is 0 Å². The van der Waals surface area contributed by atoms with Gasteiger partial charge in [-0.1, -0.05) is 54.6 Å². The van der Waals surface area contributed by atoms with Gasteiger partial charge in [0.25, 0.3) is 5.91 Å². The number of para-hydroxylation sites is 1. The van der Waals surface area contributed by atoms with Crippen LogP contribution in [0.1, 0.15) is 39.7 Å². The molecule has 0 saturated heterocycles. The first kappa shape index (κ1) is 19.5. The third-order valence-corrected chi connectivity index (χ3v) is 5.88. The van der Waals surface area contributed by atoms with E-state index in [1.165, 1.54) is 17.7 Å². The maximum absolute atomic E-state index is 13.2. The summed E-state index contributed by atoms with van der Waals surface area (Å²) in [6.45, 7) is 2.50. The van der Waals surface area contributed by atoms with Gasteiger partial charge >= 0.3 is 0 Å². The first-order valence-corrected chi connectivity index (χ1v) is 10.5. The molecule has 3 aromatic rings. The highest BCUT2D eigenvalue weighted by Crippen LogP contribution is 2.31. The predicted octanol–water partition coefficient (Wildman–Crippen LogP) is 4.94. The molecule has 156 valence electrons. The smallest absolute Gasteiger partial charge is 0.258 e. The maximum Gasteiger partial charge on any atom is 0.258 e. The highest BCUT2D eigenvalue weighted by Gasteiger charge is 2.28. The molecule has 0 fully saturated rings. The highest BCUT2D eigenvalue weighted by molar-refractivity contribution is 5.98. The fraction of sp³-hybridized carbons (Fsp3) is 0.192. The van der Waals surface area contributed by atoms with Crippen LogP contribution < -0.4 is 10.1 Å². The van der Waals surface area contributed by atoms with Crippen LogP contribution in [0.5, 0.6) is 5.75 Å². The van der Waals surface area contributed by atoms with E-state index in [2.05, 4.69) is 22.4 Å². The van der Waals surface area contributed by atoms with Crippen LogP contribution in [0.25, 0.3) is 5.57 Å². The van der Waals surface area contributed by atoms with Crippen molar-refractivity contribution < 1.29 is 13.9 Å². The van der Waals surface area contributed by atoms with Gasteiger partial charge in [-0.15, -0.1) is 0 Å². The number of rotatable bonds is 4. The molecule has 1 atom stereocenters. The Hall–Kier alpha value is -3.44. The summed E-state index contributed by atoms with van der Waals surface area (Å²) in [5.74, 6) is 0.278. The van der Waals surface area contributed by atoms with Gasteiger partial charge in [0.2, 0.25) is 0 Å². The molecule has 31 heavy (non-hydrogen) atoms. The molecule has 5 rings (SSSR count). The number of amides is 1. The largest absolute Gasteiger partial charge is 0.466 e. The summed E-state index contributed by atoms with van der Waals surface area (Å²) in [4.78, 5) is 14.9. The Bertz CT molecular complexity index is 1140. The summed E-state index contributed by atoms with van der Waals surface area (Å²) in [6.07, 6.45) is 2.63. The van der Waals surface area contributed by atoms with Gasteiger partial charge in [0.05, 0.1) is 5.56 Å². The average molecular weight is 414 g/mol. The fourth-order valence-electron chi connectivity index (χ4n) is 4.21. The lowest BCUT2D eigenvalue weighted by molar-refractivity contribution is 0.0753. The standard InChI is InChI=1S/C26H23FN2O2/c27-21-11-9-18(10-12-21)19-13-15-29(16-14-19)17-20-5-1-2-6-22(20)26-28-25(30)23-7-3-4-8-24(23)31-26/h1-13,26H,14-17H2,(H,28,30). The molecule has 1 unspecified atom stereocenters. The van der Waals surface area contributed by atoms with E-state index < -0.39 is 6.23 Å². The number of carbonyl (C=O) groups excluding carboxylic acids is 1. The Labute approximate surface area is 181 Å². The van der Waals surface area contributed by atoms with E-state index in [9.17, 15) is 9.18 Å². The number of fused-ring (bicyclic) bond motifs is 1. The molecule has 2 aliphatic rings. The van der Waals surface area contributed by atoms with Gasteiger partial charge in [-0.3, -0.25) is 9.69 Å². The van der Waals surface area contributed by atoms with Crippen molar-refractivity contribution in [2.45, 2.75) is 19.2 Å². The maximum atomic E-state index is 13.2. The van der Waals surface area contributed by atoms with E-state index in [0.717, 1.165) is 42.7 Å². The molecular formula is C26H23FN2O2. The fourth-order valence-corrected chi connectivity index (χ4v) is 4.21. The minimum atomic E-state index is -0.506. The number of carbonyl (C=O) groups is 1. The Balaban J connectivity index is 1.32. The van der Waals surface area contributed by atoms with Gasteiger partial charge in [-0.25, -0.2) is 4.39 Å². The van der Waals surface area contributed by atoms with Gasteiger partial charge in [-0.2, -0.15) is 0 Å². The topological polar surface area (TPSA) is 41.6 Å². The van der Waals surface area contributed by atoms with Crippen molar-refractivity contribution in [2.24, 2.45) is 0 Å². The minimum Gasteiger partial charge on any atom is -0.466 e. The number of hydrogen-bond donors (Lipinski definition) is 1. The summed E-state index contributed by atoms with van der Waals surface area (Å²) in [7, 11) is 0. The third-order valence-electron chi connectivity index (χ3n) is 5.88. The second-order valence-corrected chi connectivity index (χ2v) is 7.89. The van der Waals surface area contributed by atoms with Gasteiger partial charge < -0.3 is 10.1 Å². The Morgan fingerprint density at radius 1 is 1.00 bits per heavy atom. The molecule has 0 bridgehead atoms. The quantitative estimate of drug-likeness (QED) is 0.658. The third kappa shape index (κ3) is 4.09. The molecule has 2 aliphatic heterocycles. The zero-order valence-corrected chi connectivity index (χ0v) is 17.1. The van der Waals surface area contributed by atoms with Crippen LogP contribution in [0.4, 0.5) is 4.39 Å². The lowest BCUT2D eigenvalue weighted by atomic mass is 9.98. The molecule has 1 amide bonds. The van der Waals surface area contributed by atoms with Crippen LogP contribution in [0.15, 0.2) is 78.9 Å². The average Bonchev–Trinajstić information content (AvgIpc) is 2.80. The number of benzene rings is 3. The SMILES string of the molecule is O=C1NC(c2ccccc2CN2CC=C(c3ccc(F)cc3)CC2)Oc2ccccc21. The Morgan fingerprint density at radius 2 is 1.77 bits per heavy atom. The molecule has 5 heteroatoms. The zero-order chi connectivity index (χ0) is 21.2. The summed E-state index contributed by atoms with van der Waals surface area (Å²) in [5.41, 5.74) is 5.00. The lowest BCUT2D eigenvalue weighted by Gasteiger charge is -2.31. The van der Waals surface area contributed by atoms with E-state index in [0.29, 0.717) is 11.3 Å². The highest BCUT2D eigenvalue weighted by atomic mass is 19.1. The molecule has 1 N–H and O–H groups in total. The number of halogens is 1. The second kappa shape index (κ2) is 8.36. The molecule has 0 aromatic heterocycles. The van der Waals surface area contributed by atoms with E-state index in [1.807, 2.05) is 48.5 Å². The first-order chi connectivity index (χ1) is 15.2. The molecule has 4 nitrogen and oxygen atoms in total. The number of hydrogen-bond acceptors (Lipinski definition) is 3. The monoisotopic (exact) mass is 414 g/mol. The molecule has 2 heterocycles. The van der Waals surface area contributed by atoms with Crippen molar-refractivity contribution in [1.82, 2.24) is 10.2 Å². The van der Waals surface area contributed by atoms with Crippen molar-refractivity contribution in [1.29, 1.82) is 0 Å². The molecule has 0 aliphatic carbocycles. The van der Waals surface area contributed by atoms with Crippen molar-refractivity contribution in [3.63, 3.8) is 0 Å². The molecule has 3 aromatic carbocycles. The lowest BCUT2D eigenvalue weighted by Crippen LogP contribution is -2.38. The second-order valence-electron chi connectivity index (χ2n) is 7.89. The molecule has 0 saturated carbocycles. The van der Waals surface area contributed by atoms with Crippen LogP contribution in [0.2, 0.25) is 0 Å². The number of ether oxygens (including phenoxy) is 1. The van der Waals surface area contributed by atoms with Gasteiger partial charge in [-0.05, 0) is 47.4 Å². The summed E-state index contributed by atoms with van der Waals surface area (Å²) in [6, 6.07) is 22.1.